The van der Waals surface area contributed by atoms with E-state index in [2.05, 4.69) is 0 Å². The molecule has 0 fully saturated rings. The lowest BCUT2D eigenvalue weighted by molar-refractivity contribution is -0.163. The first-order valence-corrected chi connectivity index (χ1v) is 7.58. The molecule has 2 aromatic carbocycles. The second-order valence-electron chi connectivity index (χ2n) is 5.76. The average Bonchev–Trinajstić information content (AvgIpc) is 2.61. The van der Waals surface area contributed by atoms with Crippen LogP contribution >= 0.6 is 0 Å². The van der Waals surface area contributed by atoms with Crippen molar-refractivity contribution in [2.45, 2.75) is 20.1 Å². The van der Waals surface area contributed by atoms with E-state index in [-0.39, 0.29) is 19.8 Å². The number of ether oxygens (including phenoxy) is 2. The molecule has 0 saturated carbocycles. The Labute approximate surface area is 136 Å². The SMILES string of the molecule is C[C@@](CO)(COCc1ccccc1)C(=O)OCc1ccccc1. The highest BCUT2D eigenvalue weighted by atomic mass is 16.5. The fourth-order valence-electron chi connectivity index (χ4n) is 2.03. The predicted molar refractivity (Wildman–Crippen MR) is 87.5 cm³/mol. The van der Waals surface area contributed by atoms with E-state index in [4.69, 9.17) is 9.47 Å². The molecule has 0 amide bonds. The normalized spacial score (nSPS) is 13.3. The van der Waals surface area contributed by atoms with Gasteiger partial charge in [-0.2, -0.15) is 0 Å². The summed E-state index contributed by atoms with van der Waals surface area (Å²) in [7, 11) is 0. The van der Waals surface area contributed by atoms with E-state index in [1.807, 2.05) is 60.7 Å². The molecule has 0 aliphatic rings. The third-order valence-corrected chi connectivity index (χ3v) is 3.59. The molecule has 4 nitrogen and oxygen atoms in total. The van der Waals surface area contributed by atoms with E-state index in [9.17, 15) is 9.90 Å². The molecule has 23 heavy (non-hydrogen) atoms. The zero-order valence-electron chi connectivity index (χ0n) is 13.3. The summed E-state index contributed by atoms with van der Waals surface area (Å²) in [5.74, 6) is -0.461. The van der Waals surface area contributed by atoms with Crippen molar-refractivity contribution in [3.8, 4) is 0 Å². The second-order valence-corrected chi connectivity index (χ2v) is 5.76. The molecule has 0 bridgehead atoms. The first-order chi connectivity index (χ1) is 11.1. The van der Waals surface area contributed by atoms with Gasteiger partial charge in [-0.05, 0) is 18.1 Å². The summed E-state index contributed by atoms with van der Waals surface area (Å²) in [5, 5.41) is 9.57. The molecule has 122 valence electrons. The number of hydrogen-bond acceptors (Lipinski definition) is 4. The summed E-state index contributed by atoms with van der Waals surface area (Å²) in [5.41, 5.74) is 0.862. The molecule has 2 aromatic rings. The molecule has 1 atom stereocenters. The fraction of sp³-hybridized carbons (Fsp3) is 0.316. The minimum atomic E-state index is -1.07. The Hall–Kier alpha value is -2.17. The number of carbonyl (C=O) groups excluding carboxylic acids is 1. The quantitative estimate of drug-likeness (QED) is 0.761. The van der Waals surface area contributed by atoms with Crippen LogP contribution in [0.2, 0.25) is 0 Å². The molecule has 0 aliphatic heterocycles. The van der Waals surface area contributed by atoms with Gasteiger partial charge in [0, 0.05) is 0 Å². The molecule has 1 N–H and O–H groups in total. The molecule has 0 radical (unpaired) electrons. The number of aliphatic hydroxyl groups is 1. The molecule has 0 aromatic heterocycles. The standard InChI is InChI=1S/C19H22O4/c1-19(14-20,15-22-12-16-8-4-2-5-9-16)18(21)23-13-17-10-6-3-7-11-17/h2-11,20H,12-15H2,1H3/t19-/m1/s1. The Morgan fingerprint density at radius 1 is 0.957 bits per heavy atom. The maximum atomic E-state index is 12.2. The topological polar surface area (TPSA) is 55.8 Å². The first-order valence-electron chi connectivity index (χ1n) is 7.58. The number of aliphatic hydroxyl groups excluding tert-OH is 1. The Morgan fingerprint density at radius 2 is 1.48 bits per heavy atom. The highest BCUT2D eigenvalue weighted by Gasteiger charge is 2.35. The molecule has 0 aliphatic carbocycles. The third kappa shape index (κ3) is 5.20. The molecule has 2 rings (SSSR count). The second kappa shape index (κ2) is 8.46. The molecule has 0 heterocycles. The molecule has 4 heteroatoms. The summed E-state index contributed by atoms with van der Waals surface area (Å²) in [6.45, 7) is 2.00. The lowest BCUT2D eigenvalue weighted by Gasteiger charge is -2.24. The van der Waals surface area contributed by atoms with Crippen LogP contribution in [0.1, 0.15) is 18.1 Å². The highest BCUT2D eigenvalue weighted by Crippen LogP contribution is 2.20. The lowest BCUT2D eigenvalue weighted by Crippen LogP contribution is -2.38. The zero-order valence-corrected chi connectivity index (χ0v) is 13.3. The average molecular weight is 314 g/mol. The van der Waals surface area contributed by atoms with Gasteiger partial charge in [-0.3, -0.25) is 4.79 Å². The van der Waals surface area contributed by atoms with E-state index in [0.29, 0.717) is 6.61 Å². The van der Waals surface area contributed by atoms with Gasteiger partial charge in [0.15, 0.2) is 0 Å². The minimum absolute atomic E-state index is 0.103. The largest absolute Gasteiger partial charge is 0.460 e. The zero-order chi connectivity index (χ0) is 16.5. The van der Waals surface area contributed by atoms with Crippen molar-refractivity contribution in [1.29, 1.82) is 0 Å². The highest BCUT2D eigenvalue weighted by molar-refractivity contribution is 5.76. The Kier molecular flexibility index (Phi) is 6.32. The summed E-state index contributed by atoms with van der Waals surface area (Å²) < 4.78 is 10.9. The number of esters is 1. The van der Waals surface area contributed by atoms with Gasteiger partial charge in [0.05, 0.1) is 19.8 Å². The van der Waals surface area contributed by atoms with Crippen LogP contribution in [0, 0.1) is 5.41 Å². The molecular formula is C19H22O4. The van der Waals surface area contributed by atoms with Crippen LogP contribution in [0.15, 0.2) is 60.7 Å². The number of rotatable bonds is 8. The van der Waals surface area contributed by atoms with Gasteiger partial charge in [0.1, 0.15) is 12.0 Å². The molecule has 0 saturated heterocycles. The van der Waals surface area contributed by atoms with Crippen LogP contribution in [0.5, 0.6) is 0 Å². The fourth-order valence-corrected chi connectivity index (χ4v) is 2.03. The summed E-state index contributed by atoms with van der Waals surface area (Å²) in [6.07, 6.45) is 0. The van der Waals surface area contributed by atoms with E-state index in [0.717, 1.165) is 11.1 Å². The predicted octanol–water partition coefficient (Wildman–Crippen LogP) is 2.95. The van der Waals surface area contributed by atoms with Gasteiger partial charge < -0.3 is 14.6 Å². The van der Waals surface area contributed by atoms with Gasteiger partial charge in [0.25, 0.3) is 0 Å². The van der Waals surface area contributed by atoms with Crippen molar-refractivity contribution in [3.05, 3.63) is 71.8 Å². The molecular weight excluding hydrogens is 292 g/mol. The van der Waals surface area contributed by atoms with Crippen molar-refractivity contribution in [3.63, 3.8) is 0 Å². The van der Waals surface area contributed by atoms with Crippen LogP contribution in [-0.2, 0) is 27.5 Å². The number of carbonyl (C=O) groups is 1. The number of benzene rings is 2. The van der Waals surface area contributed by atoms with Crippen molar-refractivity contribution in [1.82, 2.24) is 0 Å². The third-order valence-electron chi connectivity index (χ3n) is 3.59. The van der Waals surface area contributed by atoms with E-state index >= 15 is 0 Å². The van der Waals surface area contributed by atoms with Gasteiger partial charge in [-0.15, -0.1) is 0 Å². The van der Waals surface area contributed by atoms with Crippen LogP contribution < -0.4 is 0 Å². The number of hydrogen-bond donors (Lipinski definition) is 1. The van der Waals surface area contributed by atoms with Crippen LogP contribution in [-0.4, -0.2) is 24.3 Å². The van der Waals surface area contributed by atoms with Crippen molar-refractivity contribution in [2.24, 2.45) is 5.41 Å². The van der Waals surface area contributed by atoms with E-state index in [1.165, 1.54) is 0 Å². The monoisotopic (exact) mass is 314 g/mol. The Morgan fingerprint density at radius 3 is 2.00 bits per heavy atom. The molecule has 0 unspecified atom stereocenters. The summed E-state index contributed by atoms with van der Waals surface area (Å²) in [4.78, 5) is 12.2. The Balaban J connectivity index is 1.84. The maximum absolute atomic E-state index is 12.2. The maximum Gasteiger partial charge on any atom is 0.316 e. The van der Waals surface area contributed by atoms with Crippen molar-refractivity contribution < 1.29 is 19.4 Å². The Bertz CT molecular complexity index is 597. The molecule has 0 spiro atoms. The summed E-state index contributed by atoms with van der Waals surface area (Å²) >= 11 is 0. The van der Waals surface area contributed by atoms with Gasteiger partial charge in [-0.25, -0.2) is 0 Å². The van der Waals surface area contributed by atoms with Crippen LogP contribution in [0.4, 0.5) is 0 Å². The van der Waals surface area contributed by atoms with E-state index in [1.54, 1.807) is 6.92 Å². The smallest absolute Gasteiger partial charge is 0.316 e. The van der Waals surface area contributed by atoms with Gasteiger partial charge in [0.2, 0.25) is 0 Å². The van der Waals surface area contributed by atoms with E-state index < -0.39 is 11.4 Å². The first kappa shape index (κ1) is 17.2. The van der Waals surface area contributed by atoms with Crippen molar-refractivity contribution >= 4 is 5.97 Å². The van der Waals surface area contributed by atoms with Crippen LogP contribution in [0.25, 0.3) is 0 Å². The van der Waals surface area contributed by atoms with Crippen LogP contribution in [0.3, 0.4) is 0 Å². The minimum Gasteiger partial charge on any atom is -0.460 e. The van der Waals surface area contributed by atoms with Gasteiger partial charge in [-0.1, -0.05) is 60.7 Å². The lowest BCUT2D eigenvalue weighted by atomic mass is 9.93. The van der Waals surface area contributed by atoms with Gasteiger partial charge >= 0.3 is 5.97 Å². The summed E-state index contributed by atoms with van der Waals surface area (Å²) in [6, 6.07) is 19.1. The van der Waals surface area contributed by atoms with Crippen molar-refractivity contribution in [2.75, 3.05) is 13.2 Å².